The molecule has 0 aliphatic carbocycles. The van der Waals surface area contributed by atoms with Crippen LogP contribution in [0.3, 0.4) is 0 Å². The summed E-state index contributed by atoms with van der Waals surface area (Å²) in [4.78, 5) is 15.5. The molecule has 1 heterocycles. The first-order valence-electron chi connectivity index (χ1n) is 9.96. The minimum Gasteiger partial charge on any atom is -0.348 e. The van der Waals surface area contributed by atoms with Gasteiger partial charge in [0.05, 0.1) is 17.7 Å². The molecule has 34 heavy (non-hydrogen) atoms. The summed E-state index contributed by atoms with van der Waals surface area (Å²) in [5, 5.41) is 1.83. The fourth-order valence-electron chi connectivity index (χ4n) is 2.91. The van der Waals surface area contributed by atoms with Crippen LogP contribution >= 0.6 is 0 Å². The molecule has 2 N–H and O–H groups in total. The van der Waals surface area contributed by atoms with E-state index < -0.39 is 48.4 Å². The van der Waals surface area contributed by atoms with E-state index in [-0.39, 0.29) is 18.5 Å². The van der Waals surface area contributed by atoms with Crippen molar-refractivity contribution in [3.63, 3.8) is 0 Å². The number of alkyl halides is 3. The second-order valence-electron chi connectivity index (χ2n) is 7.48. The number of hydrogen-bond donors (Lipinski definition) is 2. The van der Waals surface area contributed by atoms with Crippen molar-refractivity contribution in [2.24, 2.45) is 0 Å². The lowest BCUT2D eigenvalue weighted by atomic mass is 10.1. The van der Waals surface area contributed by atoms with E-state index in [1.807, 2.05) is 0 Å². The van der Waals surface area contributed by atoms with Gasteiger partial charge in [-0.2, -0.15) is 13.2 Å². The van der Waals surface area contributed by atoms with E-state index in [1.165, 1.54) is 0 Å². The van der Waals surface area contributed by atoms with Gasteiger partial charge in [0, 0.05) is 18.2 Å². The minimum absolute atomic E-state index is 0.0788. The fourth-order valence-corrected chi connectivity index (χ4v) is 5.01. The molecule has 2 aromatic rings. The normalized spacial score (nSPS) is 12.6. The highest BCUT2D eigenvalue weighted by Crippen LogP contribution is 2.30. The topological polar surface area (TPSA) is 122 Å². The zero-order chi connectivity index (χ0) is 25.7. The zero-order valence-electron chi connectivity index (χ0n) is 18.6. The number of nitrogens with zero attached hydrogens (tertiary/aromatic N) is 1. The maximum Gasteiger partial charge on any atom is 0.433 e. The molecule has 13 heteroatoms. The van der Waals surface area contributed by atoms with Crippen molar-refractivity contribution < 1.29 is 34.8 Å². The molecule has 1 aromatic carbocycles. The summed E-state index contributed by atoms with van der Waals surface area (Å²) in [6, 6.07) is 6.44. The predicted molar refractivity (Wildman–Crippen MR) is 122 cm³/mol. The molecule has 0 fully saturated rings. The molecule has 0 saturated carbocycles. The highest BCUT2D eigenvalue weighted by molar-refractivity contribution is 7.92. The van der Waals surface area contributed by atoms with Crippen molar-refractivity contribution in [3.8, 4) is 0 Å². The van der Waals surface area contributed by atoms with Crippen LogP contribution in [0.1, 0.15) is 35.7 Å². The number of aromatic nitrogens is 1. The second kappa shape index (κ2) is 10.6. The van der Waals surface area contributed by atoms with Gasteiger partial charge in [0.2, 0.25) is 15.9 Å². The van der Waals surface area contributed by atoms with E-state index in [9.17, 15) is 34.8 Å². The van der Waals surface area contributed by atoms with Gasteiger partial charge in [0.1, 0.15) is 5.69 Å². The summed E-state index contributed by atoms with van der Waals surface area (Å²) < 4.78 is 89.0. The monoisotopic (exact) mass is 519 g/mol. The molecule has 0 saturated heterocycles. The Balaban J connectivity index is 2.19. The van der Waals surface area contributed by atoms with Crippen molar-refractivity contribution in [2.75, 3.05) is 16.7 Å². The maximum atomic E-state index is 13.0. The van der Waals surface area contributed by atoms with Gasteiger partial charge in [-0.1, -0.05) is 19.1 Å². The quantitative estimate of drug-likeness (QED) is 0.490. The SMILES string of the molecule is CCCS(=O)(=O)c1nc(C(F)(F)F)ccc1/C=C/C(=O)NCc1ccc(NS(C)(=O)=O)c(C)c1. The number of pyridine rings is 1. The molecule has 2 rings (SSSR count). The summed E-state index contributed by atoms with van der Waals surface area (Å²) in [5.41, 5.74) is 0.222. The largest absolute Gasteiger partial charge is 0.433 e. The van der Waals surface area contributed by atoms with Crippen LogP contribution < -0.4 is 10.0 Å². The van der Waals surface area contributed by atoms with Crippen LogP contribution in [0.4, 0.5) is 18.9 Å². The number of halogens is 3. The molecule has 186 valence electrons. The number of rotatable bonds is 9. The highest BCUT2D eigenvalue weighted by Gasteiger charge is 2.34. The lowest BCUT2D eigenvalue weighted by Crippen LogP contribution is -2.20. The first-order chi connectivity index (χ1) is 15.6. The molecule has 0 spiro atoms. The summed E-state index contributed by atoms with van der Waals surface area (Å²) in [6.45, 7) is 3.34. The van der Waals surface area contributed by atoms with Gasteiger partial charge in [-0.25, -0.2) is 21.8 Å². The highest BCUT2D eigenvalue weighted by atomic mass is 32.2. The fraction of sp³-hybridized carbons (Fsp3) is 0.333. The number of sulfone groups is 1. The molecule has 0 bridgehead atoms. The Hall–Kier alpha value is -2.93. The lowest BCUT2D eigenvalue weighted by molar-refractivity contribution is -0.141. The number of carbonyl (C=O) groups is 1. The molecule has 0 radical (unpaired) electrons. The number of hydrogen-bond acceptors (Lipinski definition) is 6. The molecule has 0 aliphatic heterocycles. The number of aryl methyl sites for hydroxylation is 1. The Morgan fingerprint density at radius 2 is 1.79 bits per heavy atom. The summed E-state index contributed by atoms with van der Waals surface area (Å²) >= 11 is 0. The first kappa shape index (κ1) is 27.3. The van der Waals surface area contributed by atoms with Crippen LogP contribution in [0.15, 0.2) is 41.4 Å². The standard InChI is InChI=1S/C21H24F3N3O5S2/c1-4-11-34(31,32)20-16(6-9-18(26-20)21(22,23)24)7-10-19(28)25-13-15-5-8-17(14(2)12-15)27-33(3,29)30/h5-10,12,27H,4,11,13H2,1-3H3,(H,25,28)/b10-7+. The Morgan fingerprint density at radius 3 is 2.35 bits per heavy atom. The molecule has 1 amide bonds. The van der Waals surface area contributed by atoms with Gasteiger partial charge in [0.25, 0.3) is 0 Å². The smallest absolute Gasteiger partial charge is 0.348 e. The predicted octanol–water partition coefficient (Wildman–Crippen LogP) is 3.29. The minimum atomic E-state index is -4.82. The summed E-state index contributed by atoms with van der Waals surface area (Å²) in [5.74, 6) is -1.01. The van der Waals surface area contributed by atoms with Crippen LogP contribution in [0.2, 0.25) is 0 Å². The number of sulfonamides is 1. The molecule has 0 unspecified atom stereocenters. The van der Waals surface area contributed by atoms with Crippen molar-refractivity contribution >= 4 is 37.5 Å². The number of anilines is 1. The Labute approximate surface area is 196 Å². The van der Waals surface area contributed by atoms with Crippen molar-refractivity contribution in [1.29, 1.82) is 0 Å². The van der Waals surface area contributed by atoms with Crippen LogP contribution in [0.25, 0.3) is 6.08 Å². The Morgan fingerprint density at radius 1 is 1.12 bits per heavy atom. The Kier molecular flexibility index (Phi) is 8.48. The first-order valence-corrected chi connectivity index (χ1v) is 13.5. The Bertz CT molecular complexity index is 1310. The third-order valence-corrected chi connectivity index (χ3v) is 6.87. The van der Waals surface area contributed by atoms with Gasteiger partial charge in [-0.3, -0.25) is 9.52 Å². The summed E-state index contributed by atoms with van der Waals surface area (Å²) in [6.07, 6.45) is -1.52. The van der Waals surface area contributed by atoms with Gasteiger partial charge < -0.3 is 5.32 Å². The van der Waals surface area contributed by atoms with E-state index >= 15 is 0 Å². The molecular weight excluding hydrogens is 495 g/mol. The molecule has 8 nitrogen and oxygen atoms in total. The summed E-state index contributed by atoms with van der Waals surface area (Å²) in [7, 11) is -7.53. The van der Waals surface area contributed by atoms with E-state index in [2.05, 4.69) is 15.0 Å². The van der Waals surface area contributed by atoms with Gasteiger partial charge >= 0.3 is 6.18 Å². The number of carbonyl (C=O) groups excluding carboxylic acids is 1. The van der Waals surface area contributed by atoms with E-state index in [0.717, 1.165) is 24.5 Å². The molecular formula is C21H24F3N3O5S2. The third kappa shape index (κ3) is 7.83. The number of amides is 1. The molecule has 1 aromatic heterocycles. The lowest BCUT2D eigenvalue weighted by Gasteiger charge is -2.11. The molecule has 0 atom stereocenters. The number of nitrogens with one attached hydrogen (secondary N) is 2. The van der Waals surface area contributed by atoms with Crippen molar-refractivity contribution in [1.82, 2.24) is 10.3 Å². The van der Waals surface area contributed by atoms with Crippen molar-refractivity contribution in [3.05, 3.63) is 58.8 Å². The molecule has 0 aliphatic rings. The van der Waals surface area contributed by atoms with Gasteiger partial charge in [-0.15, -0.1) is 0 Å². The van der Waals surface area contributed by atoms with E-state index in [1.54, 1.807) is 32.0 Å². The second-order valence-corrected chi connectivity index (χ2v) is 11.3. The van der Waals surface area contributed by atoms with E-state index in [0.29, 0.717) is 22.9 Å². The van der Waals surface area contributed by atoms with Crippen molar-refractivity contribution in [2.45, 2.75) is 38.0 Å². The van der Waals surface area contributed by atoms with Crippen LogP contribution in [-0.2, 0) is 37.4 Å². The zero-order valence-corrected chi connectivity index (χ0v) is 20.2. The van der Waals surface area contributed by atoms with Crippen LogP contribution in [0.5, 0.6) is 0 Å². The van der Waals surface area contributed by atoms with Crippen LogP contribution in [0, 0.1) is 6.92 Å². The van der Waals surface area contributed by atoms with Gasteiger partial charge in [0.15, 0.2) is 14.9 Å². The average molecular weight is 520 g/mol. The maximum absolute atomic E-state index is 13.0. The van der Waals surface area contributed by atoms with Crippen LogP contribution in [-0.4, -0.2) is 39.7 Å². The third-order valence-electron chi connectivity index (χ3n) is 4.41. The number of benzene rings is 1. The van der Waals surface area contributed by atoms with E-state index in [4.69, 9.17) is 0 Å². The van der Waals surface area contributed by atoms with Gasteiger partial charge in [-0.05, 0) is 48.7 Å². The average Bonchev–Trinajstić information content (AvgIpc) is 2.70.